The number of fused-ring (bicyclic) bond motifs is 2. The molecule has 0 spiro atoms. The van der Waals surface area contributed by atoms with E-state index in [4.69, 9.17) is 4.74 Å². The number of aromatic nitrogens is 6. The van der Waals surface area contributed by atoms with Crippen LogP contribution in [0, 0.1) is 0 Å². The number of nitrogens with zero attached hydrogens (tertiary/aromatic N) is 5. The molecule has 0 fully saturated rings. The van der Waals surface area contributed by atoms with Crippen molar-refractivity contribution in [1.82, 2.24) is 29.7 Å². The molecule has 0 amide bonds. The molecule has 114 valence electrons. The highest BCUT2D eigenvalue weighted by Crippen LogP contribution is 2.24. The second-order valence-corrected chi connectivity index (χ2v) is 5.20. The van der Waals surface area contributed by atoms with Crippen LogP contribution < -0.4 is 5.32 Å². The SMILES string of the molecule is CCc1c[nH]c2ncnc(NCc3nnc4n3CCOC4)c12. The molecule has 0 aromatic carbocycles. The Kier molecular flexibility index (Phi) is 3.23. The van der Waals surface area contributed by atoms with Crippen LogP contribution in [0.4, 0.5) is 5.82 Å². The fourth-order valence-corrected chi connectivity index (χ4v) is 2.79. The Balaban J connectivity index is 1.62. The number of aryl methyl sites for hydroxylation is 1. The Hall–Kier alpha value is -2.48. The van der Waals surface area contributed by atoms with Crippen LogP contribution >= 0.6 is 0 Å². The number of nitrogens with one attached hydrogen (secondary N) is 2. The average molecular weight is 299 g/mol. The monoisotopic (exact) mass is 299 g/mol. The van der Waals surface area contributed by atoms with Crippen LogP contribution in [0.3, 0.4) is 0 Å². The maximum Gasteiger partial charge on any atom is 0.159 e. The lowest BCUT2D eigenvalue weighted by atomic mass is 10.2. The van der Waals surface area contributed by atoms with Crippen LogP contribution in [0.25, 0.3) is 11.0 Å². The molecule has 8 heteroatoms. The van der Waals surface area contributed by atoms with Gasteiger partial charge in [-0.25, -0.2) is 9.97 Å². The number of H-pyrrole nitrogens is 1. The van der Waals surface area contributed by atoms with E-state index in [-0.39, 0.29) is 0 Å². The third-order valence-corrected chi connectivity index (χ3v) is 3.94. The molecule has 0 bridgehead atoms. The summed E-state index contributed by atoms with van der Waals surface area (Å²) in [6.45, 7) is 4.72. The molecule has 3 aromatic rings. The molecule has 4 rings (SSSR count). The first-order valence-corrected chi connectivity index (χ1v) is 7.40. The van der Waals surface area contributed by atoms with Gasteiger partial charge < -0.3 is 19.6 Å². The Morgan fingerprint density at radius 3 is 3.23 bits per heavy atom. The molecule has 1 aliphatic heterocycles. The van der Waals surface area contributed by atoms with E-state index in [0.717, 1.165) is 41.5 Å². The van der Waals surface area contributed by atoms with Gasteiger partial charge in [0.15, 0.2) is 11.6 Å². The minimum absolute atomic E-state index is 0.530. The summed E-state index contributed by atoms with van der Waals surface area (Å²) >= 11 is 0. The third-order valence-electron chi connectivity index (χ3n) is 3.94. The molecule has 1 aliphatic rings. The molecule has 8 nitrogen and oxygen atoms in total. The van der Waals surface area contributed by atoms with E-state index in [0.29, 0.717) is 19.8 Å². The maximum absolute atomic E-state index is 5.38. The van der Waals surface area contributed by atoms with Gasteiger partial charge in [-0.2, -0.15) is 0 Å². The molecule has 0 unspecified atom stereocenters. The molecule has 22 heavy (non-hydrogen) atoms. The van der Waals surface area contributed by atoms with Gasteiger partial charge in [-0.1, -0.05) is 6.92 Å². The van der Waals surface area contributed by atoms with Crippen molar-refractivity contribution >= 4 is 16.9 Å². The van der Waals surface area contributed by atoms with Gasteiger partial charge in [0, 0.05) is 12.7 Å². The number of aromatic amines is 1. The van der Waals surface area contributed by atoms with E-state index in [1.165, 1.54) is 5.56 Å². The van der Waals surface area contributed by atoms with Gasteiger partial charge in [-0.05, 0) is 12.0 Å². The van der Waals surface area contributed by atoms with Crippen molar-refractivity contribution < 1.29 is 4.74 Å². The summed E-state index contributed by atoms with van der Waals surface area (Å²) in [5, 5.41) is 12.8. The standard InChI is InChI=1S/C14H17N7O/c1-2-9-5-15-13-12(9)14(18-8-17-13)16-6-10-19-20-11-7-22-4-3-21(10)11/h5,8H,2-4,6-7H2,1H3,(H2,15,16,17,18). The van der Waals surface area contributed by atoms with E-state index >= 15 is 0 Å². The van der Waals surface area contributed by atoms with Crippen molar-refractivity contribution in [1.29, 1.82) is 0 Å². The molecule has 0 aliphatic carbocycles. The first-order chi connectivity index (χ1) is 10.9. The summed E-state index contributed by atoms with van der Waals surface area (Å²) in [6.07, 6.45) is 4.48. The van der Waals surface area contributed by atoms with Crippen LogP contribution in [0.5, 0.6) is 0 Å². The molecular formula is C14H17N7O. The van der Waals surface area contributed by atoms with E-state index < -0.39 is 0 Å². The van der Waals surface area contributed by atoms with Crippen LogP contribution in [0.1, 0.15) is 24.1 Å². The number of rotatable bonds is 4. The minimum Gasteiger partial charge on any atom is -0.372 e. The van der Waals surface area contributed by atoms with Crippen molar-refractivity contribution in [3.05, 3.63) is 29.7 Å². The Morgan fingerprint density at radius 2 is 2.32 bits per heavy atom. The molecule has 3 aromatic heterocycles. The highest BCUT2D eigenvalue weighted by Gasteiger charge is 2.16. The highest BCUT2D eigenvalue weighted by atomic mass is 16.5. The van der Waals surface area contributed by atoms with Gasteiger partial charge in [0.1, 0.15) is 24.4 Å². The third kappa shape index (κ3) is 2.12. The van der Waals surface area contributed by atoms with Crippen molar-refractivity contribution in [2.75, 3.05) is 11.9 Å². The van der Waals surface area contributed by atoms with E-state index in [1.54, 1.807) is 6.33 Å². The normalized spacial score (nSPS) is 14.2. The Labute approximate surface area is 126 Å². The molecule has 2 N–H and O–H groups in total. The first-order valence-electron chi connectivity index (χ1n) is 7.40. The molecule has 0 radical (unpaired) electrons. The smallest absolute Gasteiger partial charge is 0.159 e. The fourth-order valence-electron chi connectivity index (χ4n) is 2.79. The molecule has 0 saturated heterocycles. The first kappa shape index (κ1) is 13.2. The topological polar surface area (TPSA) is 93.5 Å². The van der Waals surface area contributed by atoms with E-state index in [9.17, 15) is 0 Å². The van der Waals surface area contributed by atoms with Crippen molar-refractivity contribution in [2.24, 2.45) is 0 Å². The maximum atomic E-state index is 5.38. The highest BCUT2D eigenvalue weighted by molar-refractivity contribution is 5.90. The quantitative estimate of drug-likeness (QED) is 0.753. The van der Waals surface area contributed by atoms with Crippen LogP contribution in [-0.2, 0) is 30.9 Å². The predicted octanol–water partition coefficient (Wildman–Crippen LogP) is 1.25. The van der Waals surface area contributed by atoms with Crippen molar-refractivity contribution in [3.63, 3.8) is 0 Å². The lowest BCUT2D eigenvalue weighted by Gasteiger charge is -2.15. The zero-order chi connectivity index (χ0) is 14.9. The minimum atomic E-state index is 0.530. The molecule has 0 atom stereocenters. The number of hydrogen-bond donors (Lipinski definition) is 2. The Morgan fingerprint density at radius 1 is 1.36 bits per heavy atom. The van der Waals surface area contributed by atoms with Crippen LogP contribution in [-0.4, -0.2) is 36.3 Å². The predicted molar refractivity (Wildman–Crippen MR) is 80.3 cm³/mol. The number of ether oxygens (including phenoxy) is 1. The molecule has 4 heterocycles. The average Bonchev–Trinajstić information content (AvgIpc) is 3.17. The van der Waals surface area contributed by atoms with Crippen molar-refractivity contribution in [2.45, 2.75) is 33.0 Å². The fraction of sp³-hybridized carbons (Fsp3) is 0.429. The van der Waals surface area contributed by atoms with E-state index in [2.05, 4.69) is 42.0 Å². The molecular weight excluding hydrogens is 282 g/mol. The lowest BCUT2D eigenvalue weighted by Crippen LogP contribution is -2.20. The van der Waals surface area contributed by atoms with Gasteiger partial charge in [0.25, 0.3) is 0 Å². The Bertz CT molecular complexity index is 807. The summed E-state index contributed by atoms with van der Waals surface area (Å²) in [5.41, 5.74) is 2.06. The van der Waals surface area contributed by atoms with Gasteiger partial charge in [-0.3, -0.25) is 0 Å². The summed E-state index contributed by atoms with van der Waals surface area (Å²) in [4.78, 5) is 11.8. The van der Waals surface area contributed by atoms with Crippen molar-refractivity contribution in [3.8, 4) is 0 Å². The number of anilines is 1. The lowest BCUT2D eigenvalue weighted by molar-refractivity contribution is 0.0807. The summed E-state index contributed by atoms with van der Waals surface area (Å²) < 4.78 is 7.48. The summed E-state index contributed by atoms with van der Waals surface area (Å²) in [7, 11) is 0. The van der Waals surface area contributed by atoms with Crippen LogP contribution in [0.2, 0.25) is 0 Å². The largest absolute Gasteiger partial charge is 0.372 e. The summed E-state index contributed by atoms with van der Waals surface area (Å²) in [5.74, 6) is 2.61. The van der Waals surface area contributed by atoms with Gasteiger partial charge >= 0.3 is 0 Å². The zero-order valence-corrected chi connectivity index (χ0v) is 12.3. The zero-order valence-electron chi connectivity index (χ0n) is 12.3. The second-order valence-electron chi connectivity index (χ2n) is 5.20. The van der Waals surface area contributed by atoms with E-state index in [1.807, 2.05) is 6.20 Å². The van der Waals surface area contributed by atoms with Gasteiger partial charge in [0.2, 0.25) is 0 Å². The number of hydrogen-bond acceptors (Lipinski definition) is 6. The van der Waals surface area contributed by atoms with Gasteiger partial charge in [-0.15, -0.1) is 10.2 Å². The second kappa shape index (κ2) is 5.38. The summed E-state index contributed by atoms with van der Waals surface area (Å²) in [6, 6.07) is 0. The molecule has 0 saturated carbocycles. The van der Waals surface area contributed by atoms with Crippen LogP contribution in [0.15, 0.2) is 12.5 Å². The van der Waals surface area contributed by atoms with Gasteiger partial charge in [0.05, 0.1) is 18.5 Å².